The molecule has 1 aromatic rings. The Labute approximate surface area is 129 Å². The molecule has 1 aromatic heterocycles. The summed E-state index contributed by atoms with van der Waals surface area (Å²) in [4.78, 5) is 4.68. The first-order valence-corrected chi connectivity index (χ1v) is 8.47. The topological polar surface area (TPSA) is 34.1 Å². The first-order valence-electron chi connectivity index (χ1n) is 8.47. The fourth-order valence-corrected chi connectivity index (χ4v) is 2.98. The van der Waals surface area contributed by atoms with Crippen molar-refractivity contribution in [2.45, 2.75) is 78.2 Å². The van der Waals surface area contributed by atoms with Crippen LogP contribution in [-0.2, 0) is 17.9 Å². The molecule has 1 fully saturated rings. The smallest absolute Gasteiger partial charge is 0.0891 e. The zero-order valence-electron chi connectivity index (χ0n) is 13.8. The molecule has 1 N–H and O–H groups in total. The molecule has 2 atom stereocenters. The molecule has 3 heteroatoms. The van der Waals surface area contributed by atoms with Crippen LogP contribution in [0, 0.1) is 5.92 Å². The monoisotopic (exact) mass is 290 g/mol. The fraction of sp³-hybridized carbons (Fsp3) is 0.722. The highest BCUT2D eigenvalue weighted by Gasteiger charge is 2.21. The maximum absolute atomic E-state index is 6.10. The minimum Gasteiger partial charge on any atom is -0.372 e. The van der Waals surface area contributed by atoms with Gasteiger partial charge in [0.25, 0.3) is 0 Å². The van der Waals surface area contributed by atoms with Crippen LogP contribution in [0.3, 0.4) is 0 Å². The second kappa shape index (κ2) is 8.50. The number of nitrogens with one attached hydrogen (secondary N) is 1. The minimum absolute atomic E-state index is 0.433. The van der Waals surface area contributed by atoms with E-state index in [-0.39, 0.29) is 0 Å². The molecule has 3 nitrogen and oxygen atoms in total. The maximum Gasteiger partial charge on any atom is 0.0891 e. The van der Waals surface area contributed by atoms with Gasteiger partial charge in [-0.15, -0.1) is 0 Å². The summed E-state index contributed by atoms with van der Waals surface area (Å²) < 4.78 is 6.10. The molecule has 2 unspecified atom stereocenters. The molecule has 2 rings (SSSR count). The van der Waals surface area contributed by atoms with Gasteiger partial charge in [0.2, 0.25) is 0 Å². The summed E-state index contributed by atoms with van der Waals surface area (Å²) >= 11 is 0. The molecule has 1 saturated carbocycles. The third-order valence-corrected chi connectivity index (χ3v) is 4.33. The molecule has 0 bridgehead atoms. The molecule has 0 saturated heterocycles. The van der Waals surface area contributed by atoms with E-state index in [9.17, 15) is 0 Å². The number of hydrogen-bond donors (Lipinski definition) is 1. The van der Waals surface area contributed by atoms with Crippen LogP contribution in [0.4, 0.5) is 0 Å². The van der Waals surface area contributed by atoms with Crippen molar-refractivity contribution in [2.75, 3.05) is 0 Å². The number of aromatic nitrogens is 1. The Morgan fingerprint density at radius 2 is 2.10 bits per heavy atom. The van der Waals surface area contributed by atoms with Crippen LogP contribution in [0.25, 0.3) is 0 Å². The molecule has 21 heavy (non-hydrogen) atoms. The Kier molecular flexibility index (Phi) is 6.65. The highest BCUT2D eigenvalue weighted by Crippen LogP contribution is 2.28. The molecule has 118 valence electrons. The SMILES string of the molecule is CCC1CCCC(OCc2cccc(CNC(C)C)n2)C1. The van der Waals surface area contributed by atoms with Crippen LogP contribution in [0.2, 0.25) is 0 Å². The van der Waals surface area contributed by atoms with Crippen molar-refractivity contribution >= 4 is 0 Å². The number of rotatable bonds is 7. The predicted molar refractivity (Wildman–Crippen MR) is 87.0 cm³/mol. The summed E-state index contributed by atoms with van der Waals surface area (Å²) in [5.74, 6) is 0.860. The van der Waals surface area contributed by atoms with Gasteiger partial charge in [-0.1, -0.05) is 46.1 Å². The van der Waals surface area contributed by atoms with Crippen LogP contribution >= 0.6 is 0 Å². The van der Waals surface area contributed by atoms with Crippen molar-refractivity contribution < 1.29 is 4.74 Å². The number of hydrogen-bond acceptors (Lipinski definition) is 3. The Balaban J connectivity index is 1.81. The third kappa shape index (κ3) is 5.76. The lowest BCUT2D eigenvalue weighted by atomic mass is 9.85. The van der Waals surface area contributed by atoms with Gasteiger partial charge < -0.3 is 10.1 Å². The molecule has 1 aliphatic rings. The first-order chi connectivity index (χ1) is 10.2. The van der Waals surface area contributed by atoms with Crippen molar-refractivity contribution in [1.82, 2.24) is 10.3 Å². The van der Waals surface area contributed by atoms with Crippen LogP contribution in [0.15, 0.2) is 18.2 Å². The minimum atomic E-state index is 0.433. The van der Waals surface area contributed by atoms with Gasteiger partial charge in [0, 0.05) is 12.6 Å². The van der Waals surface area contributed by atoms with Gasteiger partial charge in [0.15, 0.2) is 0 Å². The number of pyridine rings is 1. The van der Waals surface area contributed by atoms with E-state index in [4.69, 9.17) is 4.74 Å². The first kappa shape index (κ1) is 16.4. The fourth-order valence-electron chi connectivity index (χ4n) is 2.98. The van der Waals surface area contributed by atoms with Crippen LogP contribution < -0.4 is 5.32 Å². The van der Waals surface area contributed by atoms with E-state index in [1.807, 2.05) is 0 Å². The van der Waals surface area contributed by atoms with Crippen molar-refractivity contribution in [3.8, 4) is 0 Å². The van der Waals surface area contributed by atoms with E-state index in [1.54, 1.807) is 0 Å². The zero-order valence-corrected chi connectivity index (χ0v) is 13.8. The standard InChI is InChI=1S/C18H30N2O/c1-4-15-7-5-10-18(11-15)21-13-17-9-6-8-16(20-17)12-19-14(2)3/h6,8-9,14-15,18-19H,4-5,7,10-13H2,1-3H3. The number of ether oxygens (including phenoxy) is 1. The highest BCUT2D eigenvalue weighted by atomic mass is 16.5. The second-order valence-corrected chi connectivity index (χ2v) is 6.53. The summed E-state index contributed by atoms with van der Waals surface area (Å²) in [6.45, 7) is 8.07. The normalized spacial score (nSPS) is 22.7. The van der Waals surface area contributed by atoms with Crippen molar-refractivity contribution in [1.29, 1.82) is 0 Å². The molecule has 1 aliphatic carbocycles. The summed E-state index contributed by atoms with van der Waals surface area (Å²) in [6.07, 6.45) is 6.85. The lowest BCUT2D eigenvalue weighted by Crippen LogP contribution is -2.23. The molecular weight excluding hydrogens is 260 g/mol. The van der Waals surface area contributed by atoms with Gasteiger partial charge in [0.05, 0.1) is 24.1 Å². The Morgan fingerprint density at radius 1 is 1.29 bits per heavy atom. The zero-order chi connectivity index (χ0) is 15.1. The Bertz CT molecular complexity index is 419. The van der Waals surface area contributed by atoms with Gasteiger partial charge in [-0.3, -0.25) is 4.98 Å². The van der Waals surface area contributed by atoms with E-state index in [1.165, 1.54) is 32.1 Å². The number of nitrogens with zero attached hydrogens (tertiary/aromatic N) is 1. The van der Waals surface area contributed by atoms with Gasteiger partial charge in [-0.25, -0.2) is 0 Å². The van der Waals surface area contributed by atoms with Crippen molar-refractivity contribution in [2.24, 2.45) is 5.92 Å². The highest BCUT2D eigenvalue weighted by molar-refractivity contribution is 5.10. The van der Waals surface area contributed by atoms with Crippen LogP contribution in [0.1, 0.15) is 64.3 Å². The molecule has 0 radical (unpaired) electrons. The van der Waals surface area contributed by atoms with E-state index in [2.05, 4.69) is 49.3 Å². The van der Waals surface area contributed by atoms with E-state index >= 15 is 0 Å². The van der Waals surface area contributed by atoms with Gasteiger partial charge in [-0.2, -0.15) is 0 Å². The average Bonchev–Trinajstić information content (AvgIpc) is 2.51. The molecule has 0 aromatic carbocycles. The molecule has 1 heterocycles. The summed E-state index contributed by atoms with van der Waals surface area (Å²) in [5.41, 5.74) is 2.15. The van der Waals surface area contributed by atoms with Gasteiger partial charge in [-0.05, 0) is 30.9 Å². The Hall–Kier alpha value is -0.930. The van der Waals surface area contributed by atoms with E-state index < -0.39 is 0 Å². The maximum atomic E-state index is 6.10. The third-order valence-electron chi connectivity index (χ3n) is 4.33. The quantitative estimate of drug-likeness (QED) is 0.822. The largest absolute Gasteiger partial charge is 0.372 e. The second-order valence-electron chi connectivity index (χ2n) is 6.53. The summed E-state index contributed by atoms with van der Waals surface area (Å²) in [7, 11) is 0. The molecule has 0 aliphatic heterocycles. The van der Waals surface area contributed by atoms with Gasteiger partial charge in [0.1, 0.15) is 0 Å². The molecule has 0 spiro atoms. The molecular formula is C18H30N2O. The lowest BCUT2D eigenvalue weighted by molar-refractivity contribution is 0.000286. The van der Waals surface area contributed by atoms with Crippen molar-refractivity contribution in [3.63, 3.8) is 0 Å². The van der Waals surface area contributed by atoms with Gasteiger partial charge >= 0.3 is 0 Å². The van der Waals surface area contributed by atoms with Crippen molar-refractivity contribution in [3.05, 3.63) is 29.6 Å². The lowest BCUT2D eigenvalue weighted by Gasteiger charge is -2.28. The van der Waals surface area contributed by atoms with Crippen LogP contribution in [0.5, 0.6) is 0 Å². The van der Waals surface area contributed by atoms with E-state index in [0.29, 0.717) is 18.8 Å². The molecule has 0 amide bonds. The predicted octanol–water partition coefficient (Wildman–Crippen LogP) is 4.07. The Morgan fingerprint density at radius 3 is 2.86 bits per heavy atom. The summed E-state index contributed by atoms with van der Waals surface area (Å²) in [6, 6.07) is 6.71. The average molecular weight is 290 g/mol. The van der Waals surface area contributed by atoms with E-state index in [0.717, 1.165) is 23.9 Å². The van der Waals surface area contributed by atoms with Crippen LogP contribution in [-0.4, -0.2) is 17.1 Å². The summed E-state index contributed by atoms with van der Waals surface area (Å²) in [5, 5.41) is 3.40.